The molecule has 0 bridgehead atoms. The smallest absolute Gasteiger partial charge is 0.335 e. The van der Waals surface area contributed by atoms with E-state index in [4.69, 9.17) is 38.8 Å². The molecule has 0 spiro atoms. The molecule has 0 aliphatic carbocycles. The predicted molar refractivity (Wildman–Crippen MR) is 140 cm³/mol. The minimum absolute atomic E-state index is 0.0340. The minimum Gasteiger partial charge on any atom is -0.489 e. The highest BCUT2D eigenvalue weighted by molar-refractivity contribution is 6.36. The van der Waals surface area contributed by atoms with Crippen LogP contribution in [0.5, 0.6) is 5.75 Å². The lowest BCUT2D eigenvalue weighted by molar-refractivity contribution is -0.118. The van der Waals surface area contributed by atoms with Crippen LogP contribution in [0, 0.1) is 0 Å². The van der Waals surface area contributed by atoms with Crippen molar-refractivity contribution >= 4 is 47.2 Å². The molecular formula is C27H21Cl2N3O4. The molecule has 0 aliphatic heterocycles. The van der Waals surface area contributed by atoms with Crippen molar-refractivity contribution in [3.63, 3.8) is 0 Å². The fourth-order valence-electron chi connectivity index (χ4n) is 3.49. The van der Waals surface area contributed by atoms with Crippen molar-refractivity contribution in [3.8, 4) is 17.0 Å². The maximum absolute atomic E-state index is 11.6. The number of imidazole rings is 1. The number of hydrogen-bond acceptors (Lipinski definition) is 4. The van der Waals surface area contributed by atoms with Gasteiger partial charge in [0.25, 0.3) is 0 Å². The van der Waals surface area contributed by atoms with E-state index in [1.165, 1.54) is 6.07 Å². The number of nitrogens with two attached hydrogens (primary N) is 1. The highest BCUT2D eigenvalue weighted by Gasteiger charge is 2.12. The molecule has 4 rings (SSSR count). The predicted octanol–water partition coefficient (Wildman–Crippen LogP) is 5.79. The Morgan fingerprint density at radius 3 is 2.50 bits per heavy atom. The molecule has 9 heteroatoms. The number of aromatic nitrogens is 2. The van der Waals surface area contributed by atoms with E-state index in [0.29, 0.717) is 32.9 Å². The molecule has 0 saturated heterocycles. The first-order valence-corrected chi connectivity index (χ1v) is 11.6. The van der Waals surface area contributed by atoms with Crippen LogP contribution >= 0.6 is 23.2 Å². The van der Waals surface area contributed by atoms with Crippen LogP contribution in [0.2, 0.25) is 10.0 Å². The summed E-state index contributed by atoms with van der Waals surface area (Å²) in [6, 6.07) is 19.1. The number of amides is 1. The number of carbonyl (C=O) groups excluding carboxylic acids is 1. The number of carbonyl (C=O) groups is 2. The Labute approximate surface area is 217 Å². The number of hydrogen-bond donors (Lipinski definition) is 2. The van der Waals surface area contributed by atoms with Crippen LogP contribution in [0.3, 0.4) is 0 Å². The molecule has 0 atom stereocenters. The molecule has 4 aromatic rings. The molecule has 7 nitrogen and oxygen atoms in total. The molecule has 0 fully saturated rings. The van der Waals surface area contributed by atoms with E-state index in [1.54, 1.807) is 47.2 Å². The zero-order valence-electron chi connectivity index (χ0n) is 18.9. The summed E-state index contributed by atoms with van der Waals surface area (Å²) in [6.45, 7) is 0.213. The monoisotopic (exact) mass is 521 g/mol. The van der Waals surface area contributed by atoms with Crippen LogP contribution in [-0.2, 0) is 17.9 Å². The van der Waals surface area contributed by atoms with Crippen molar-refractivity contribution in [1.82, 2.24) is 9.55 Å². The maximum atomic E-state index is 11.6. The number of ether oxygens (including phenoxy) is 1. The zero-order valence-corrected chi connectivity index (χ0v) is 20.4. The van der Waals surface area contributed by atoms with Gasteiger partial charge in [-0.15, -0.1) is 0 Å². The lowest BCUT2D eigenvalue weighted by Crippen LogP contribution is -2.18. The summed E-state index contributed by atoms with van der Waals surface area (Å²) in [5, 5.41) is 10.1. The number of carboxylic acids is 1. The van der Waals surface area contributed by atoms with Gasteiger partial charge in [0, 0.05) is 16.8 Å². The van der Waals surface area contributed by atoms with Crippen molar-refractivity contribution < 1.29 is 19.4 Å². The van der Waals surface area contributed by atoms with Crippen molar-refractivity contribution in [2.24, 2.45) is 5.73 Å². The lowest BCUT2D eigenvalue weighted by Gasteiger charge is -2.07. The number of rotatable bonds is 9. The Morgan fingerprint density at radius 1 is 1.03 bits per heavy atom. The van der Waals surface area contributed by atoms with E-state index in [0.717, 1.165) is 11.1 Å². The van der Waals surface area contributed by atoms with Gasteiger partial charge < -0.3 is 20.1 Å². The molecule has 0 aliphatic rings. The van der Waals surface area contributed by atoms with Crippen LogP contribution in [-0.4, -0.2) is 26.5 Å². The third-order valence-corrected chi connectivity index (χ3v) is 5.77. The Balaban J connectivity index is 1.48. The summed E-state index contributed by atoms with van der Waals surface area (Å²) in [5.74, 6) is -0.296. The van der Waals surface area contributed by atoms with Crippen LogP contribution in [0.4, 0.5) is 0 Å². The number of primary amides is 1. The van der Waals surface area contributed by atoms with Gasteiger partial charge in [0.2, 0.25) is 5.91 Å². The van der Waals surface area contributed by atoms with Crippen molar-refractivity contribution in [1.29, 1.82) is 0 Å². The van der Waals surface area contributed by atoms with Crippen LogP contribution in [0.25, 0.3) is 23.4 Å². The van der Waals surface area contributed by atoms with Gasteiger partial charge in [0.15, 0.2) is 0 Å². The first kappa shape index (κ1) is 25.0. The van der Waals surface area contributed by atoms with E-state index in [9.17, 15) is 9.59 Å². The van der Waals surface area contributed by atoms with E-state index >= 15 is 0 Å². The molecule has 1 heterocycles. The average molecular weight is 522 g/mol. The Hall–Kier alpha value is -4.07. The summed E-state index contributed by atoms with van der Waals surface area (Å²) in [7, 11) is 0. The molecule has 0 unspecified atom stereocenters. The quantitative estimate of drug-likeness (QED) is 0.289. The summed E-state index contributed by atoms with van der Waals surface area (Å²) >= 11 is 12.3. The maximum Gasteiger partial charge on any atom is 0.335 e. The Morgan fingerprint density at radius 2 is 1.81 bits per heavy atom. The standard InChI is InChI=1S/C27H21Cl2N3O4/c28-20-7-10-22(23(29)13-20)24-14-32(15-25(30)33)26(31-24)11-6-17-4-8-21(9-5-17)36-16-18-2-1-3-19(12-18)27(34)35/h1-14H,15-16H2,(H2,30,33)(H,34,35)/b11-6+. The fourth-order valence-corrected chi connectivity index (χ4v) is 4.00. The van der Waals surface area contributed by atoms with Gasteiger partial charge in [-0.05, 0) is 59.7 Å². The molecule has 36 heavy (non-hydrogen) atoms. The second-order valence-corrected chi connectivity index (χ2v) is 8.74. The number of nitrogens with zero attached hydrogens (tertiary/aromatic N) is 2. The number of carboxylic acid groups (broad SMARTS) is 1. The third-order valence-electron chi connectivity index (χ3n) is 5.23. The summed E-state index contributed by atoms with van der Waals surface area (Å²) in [4.78, 5) is 27.3. The van der Waals surface area contributed by atoms with E-state index in [2.05, 4.69) is 4.98 Å². The van der Waals surface area contributed by atoms with Crippen LogP contribution < -0.4 is 10.5 Å². The lowest BCUT2D eigenvalue weighted by atomic mass is 10.1. The first-order chi connectivity index (χ1) is 17.3. The zero-order chi connectivity index (χ0) is 25.7. The van der Waals surface area contributed by atoms with Gasteiger partial charge in [0.1, 0.15) is 24.7 Å². The van der Waals surface area contributed by atoms with E-state index in [-0.39, 0.29) is 18.7 Å². The van der Waals surface area contributed by atoms with E-state index in [1.807, 2.05) is 36.4 Å². The average Bonchev–Trinajstić information content (AvgIpc) is 3.23. The highest BCUT2D eigenvalue weighted by Crippen LogP contribution is 2.30. The normalized spacial score (nSPS) is 11.1. The van der Waals surface area contributed by atoms with Crippen LogP contribution in [0.15, 0.2) is 72.9 Å². The third kappa shape index (κ3) is 6.33. The molecular weight excluding hydrogens is 501 g/mol. The largest absolute Gasteiger partial charge is 0.489 e. The molecule has 0 radical (unpaired) electrons. The SMILES string of the molecule is NC(=O)Cn1cc(-c2ccc(Cl)cc2Cl)nc1/C=C/c1ccc(OCc2cccc(C(=O)O)c2)cc1. The number of halogens is 2. The van der Waals surface area contributed by atoms with Gasteiger partial charge in [0.05, 0.1) is 16.3 Å². The van der Waals surface area contributed by atoms with Gasteiger partial charge in [-0.3, -0.25) is 4.79 Å². The topological polar surface area (TPSA) is 107 Å². The van der Waals surface area contributed by atoms with Gasteiger partial charge in [-0.1, -0.05) is 53.5 Å². The van der Waals surface area contributed by atoms with Crippen LogP contribution in [0.1, 0.15) is 27.3 Å². The summed E-state index contributed by atoms with van der Waals surface area (Å²) in [6.07, 6.45) is 5.35. The molecule has 0 saturated carbocycles. The summed E-state index contributed by atoms with van der Waals surface area (Å²) in [5.41, 5.74) is 8.55. The van der Waals surface area contributed by atoms with Gasteiger partial charge in [-0.2, -0.15) is 0 Å². The fraction of sp³-hybridized carbons (Fsp3) is 0.0741. The van der Waals surface area contributed by atoms with Gasteiger partial charge >= 0.3 is 5.97 Å². The molecule has 1 amide bonds. The Kier molecular flexibility index (Phi) is 7.73. The number of aromatic carboxylic acids is 1. The Bertz CT molecular complexity index is 1450. The van der Waals surface area contributed by atoms with E-state index < -0.39 is 11.9 Å². The molecule has 3 N–H and O–H groups in total. The summed E-state index contributed by atoms with van der Waals surface area (Å²) < 4.78 is 7.43. The second kappa shape index (κ2) is 11.1. The van der Waals surface area contributed by atoms with Crippen molar-refractivity contribution in [3.05, 3.63) is 105 Å². The minimum atomic E-state index is -0.979. The van der Waals surface area contributed by atoms with Crippen molar-refractivity contribution in [2.45, 2.75) is 13.2 Å². The molecule has 182 valence electrons. The molecule has 3 aromatic carbocycles. The van der Waals surface area contributed by atoms with Gasteiger partial charge in [-0.25, -0.2) is 9.78 Å². The number of benzene rings is 3. The highest BCUT2D eigenvalue weighted by atomic mass is 35.5. The molecule has 1 aromatic heterocycles. The first-order valence-electron chi connectivity index (χ1n) is 10.8. The second-order valence-electron chi connectivity index (χ2n) is 7.90. The van der Waals surface area contributed by atoms with Crippen molar-refractivity contribution in [2.75, 3.05) is 0 Å².